The second-order valence-electron chi connectivity index (χ2n) is 6.31. The van der Waals surface area contributed by atoms with E-state index in [-0.39, 0.29) is 12.1 Å². The number of morpholine rings is 1. The summed E-state index contributed by atoms with van der Waals surface area (Å²) in [5.41, 5.74) is 0. The molecule has 2 rings (SSSR count). The summed E-state index contributed by atoms with van der Waals surface area (Å²) in [5.74, 6) is 1.02. The fourth-order valence-corrected chi connectivity index (χ4v) is 2.88. The molecular formula is C15H29N5O. The third-order valence-electron chi connectivity index (χ3n) is 4.21. The van der Waals surface area contributed by atoms with E-state index in [4.69, 9.17) is 4.74 Å². The van der Waals surface area contributed by atoms with Crippen molar-refractivity contribution in [1.82, 2.24) is 25.0 Å². The largest absolute Gasteiger partial charge is 0.374 e. The Hall–Kier alpha value is -0.980. The zero-order chi connectivity index (χ0) is 15.4. The van der Waals surface area contributed by atoms with Crippen molar-refractivity contribution in [1.29, 1.82) is 0 Å². The maximum Gasteiger partial charge on any atom is 0.138 e. The van der Waals surface area contributed by atoms with Crippen LogP contribution in [0.3, 0.4) is 0 Å². The van der Waals surface area contributed by atoms with Crippen LogP contribution >= 0.6 is 0 Å². The Kier molecular flexibility index (Phi) is 5.72. The minimum atomic E-state index is 0.198. The molecule has 0 saturated carbocycles. The van der Waals surface area contributed by atoms with Crippen LogP contribution in [0.2, 0.25) is 0 Å². The van der Waals surface area contributed by atoms with Gasteiger partial charge in [-0.3, -0.25) is 4.90 Å². The summed E-state index contributed by atoms with van der Waals surface area (Å²) >= 11 is 0. The quantitative estimate of drug-likeness (QED) is 0.852. The SMILES string of the molecule is CNC(Cc1ncnn1C(C)C)C1CN(C(C)C)CCO1. The molecule has 1 saturated heterocycles. The van der Waals surface area contributed by atoms with Gasteiger partial charge in [0.1, 0.15) is 12.2 Å². The Morgan fingerprint density at radius 2 is 2.10 bits per heavy atom. The molecule has 2 unspecified atom stereocenters. The highest BCUT2D eigenvalue weighted by molar-refractivity contribution is 4.95. The minimum absolute atomic E-state index is 0.198. The van der Waals surface area contributed by atoms with Gasteiger partial charge in [0.15, 0.2) is 0 Å². The Morgan fingerprint density at radius 1 is 1.33 bits per heavy atom. The van der Waals surface area contributed by atoms with Gasteiger partial charge in [0.05, 0.1) is 12.7 Å². The molecule has 1 fully saturated rings. The van der Waals surface area contributed by atoms with Crippen molar-refractivity contribution in [2.24, 2.45) is 0 Å². The van der Waals surface area contributed by atoms with Gasteiger partial charge in [0.25, 0.3) is 0 Å². The first kappa shape index (κ1) is 16.4. The van der Waals surface area contributed by atoms with Gasteiger partial charge in [-0.05, 0) is 34.7 Å². The zero-order valence-electron chi connectivity index (χ0n) is 13.9. The lowest BCUT2D eigenvalue weighted by atomic mass is 10.0. The fourth-order valence-electron chi connectivity index (χ4n) is 2.88. The summed E-state index contributed by atoms with van der Waals surface area (Å²) in [6, 6.07) is 1.15. The van der Waals surface area contributed by atoms with E-state index in [2.05, 4.69) is 48.0 Å². The molecule has 0 bridgehead atoms. The summed E-state index contributed by atoms with van der Waals surface area (Å²) in [6.07, 6.45) is 2.68. The van der Waals surface area contributed by atoms with Gasteiger partial charge in [-0.2, -0.15) is 5.10 Å². The summed E-state index contributed by atoms with van der Waals surface area (Å²) in [4.78, 5) is 6.89. The Balaban J connectivity index is 2.04. The molecule has 0 radical (unpaired) electrons. The van der Waals surface area contributed by atoms with E-state index < -0.39 is 0 Å². The summed E-state index contributed by atoms with van der Waals surface area (Å²) in [5, 5.41) is 7.72. The van der Waals surface area contributed by atoms with Crippen LogP contribution in [0.4, 0.5) is 0 Å². The smallest absolute Gasteiger partial charge is 0.138 e. The second kappa shape index (κ2) is 7.33. The molecule has 21 heavy (non-hydrogen) atoms. The van der Waals surface area contributed by atoms with Crippen molar-refractivity contribution >= 4 is 0 Å². The molecule has 0 aromatic carbocycles. The van der Waals surface area contributed by atoms with E-state index in [1.165, 1.54) is 0 Å². The van der Waals surface area contributed by atoms with E-state index in [1.54, 1.807) is 6.33 Å². The molecule has 6 nitrogen and oxygen atoms in total. The summed E-state index contributed by atoms with van der Waals surface area (Å²) < 4.78 is 7.99. The maximum atomic E-state index is 6.00. The molecule has 1 aromatic heterocycles. The number of likely N-dealkylation sites (N-methyl/N-ethyl adjacent to an activating group) is 1. The van der Waals surface area contributed by atoms with Crippen molar-refractivity contribution in [3.8, 4) is 0 Å². The van der Waals surface area contributed by atoms with Gasteiger partial charge in [0, 0.05) is 37.6 Å². The van der Waals surface area contributed by atoms with E-state index in [9.17, 15) is 0 Å². The topological polar surface area (TPSA) is 55.2 Å². The molecule has 1 aromatic rings. The van der Waals surface area contributed by atoms with Crippen LogP contribution in [0.1, 0.15) is 39.6 Å². The average Bonchev–Trinajstić information content (AvgIpc) is 2.93. The summed E-state index contributed by atoms with van der Waals surface area (Å²) in [6.45, 7) is 11.5. The van der Waals surface area contributed by atoms with Gasteiger partial charge in [-0.25, -0.2) is 9.67 Å². The standard InChI is InChI=1S/C15H29N5O/c1-11(2)19-6-7-21-14(9-19)13(16-5)8-15-17-10-18-20(15)12(3)4/h10-14,16H,6-9H2,1-5H3. The van der Waals surface area contributed by atoms with Crippen LogP contribution in [0.5, 0.6) is 0 Å². The van der Waals surface area contributed by atoms with Gasteiger partial charge in [0.2, 0.25) is 0 Å². The van der Waals surface area contributed by atoms with Gasteiger partial charge in [-0.1, -0.05) is 0 Å². The first-order chi connectivity index (χ1) is 10.0. The summed E-state index contributed by atoms with van der Waals surface area (Å²) in [7, 11) is 2.00. The van der Waals surface area contributed by atoms with Crippen LogP contribution < -0.4 is 5.32 Å². The van der Waals surface area contributed by atoms with Gasteiger partial charge >= 0.3 is 0 Å². The van der Waals surface area contributed by atoms with E-state index >= 15 is 0 Å². The molecule has 1 aliphatic rings. The Morgan fingerprint density at radius 3 is 2.71 bits per heavy atom. The lowest BCUT2D eigenvalue weighted by Crippen LogP contribution is -2.54. The molecule has 2 heterocycles. The maximum absolute atomic E-state index is 6.00. The van der Waals surface area contributed by atoms with Crippen LogP contribution in [0.15, 0.2) is 6.33 Å². The first-order valence-electron chi connectivity index (χ1n) is 7.94. The number of hydrogen-bond acceptors (Lipinski definition) is 5. The number of rotatable bonds is 6. The third-order valence-corrected chi connectivity index (χ3v) is 4.21. The number of nitrogens with one attached hydrogen (secondary N) is 1. The molecule has 0 aliphatic carbocycles. The van der Waals surface area contributed by atoms with Gasteiger partial charge < -0.3 is 10.1 Å². The minimum Gasteiger partial charge on any atom is -0.374 e. The highest BCUT2D eigenvalue weighted by Gasteiger charge is 2.29. The number of aromatic nitrogens is 3. The van der Waals surface area contributed by atoms with Crippen molar-refractivity contribution in [2.45, 2.75) is 58.3 Å². The highest BCUT2D eigenvalue weighted by atomic mass is 16.5. The average molecular weight is 295 g/mol. The molecular weight excluding hydrogens is 266 g/mol. The third kappa shape index (κ3) is 4.02. The lowest BCUT2D eigenvalue weighted by Gasteiger charge is -2.38. The molecule has 6 heteroatoms. The van der Waals surface area contributed by atoms with Gasteiger partial charge in [-0.15, -0.1) is 0 Å². The molecule has 1 aliphatic heterocycles. The van der Waals surface area contributed by atoms with Crippen LogP contribution in [-0.4, -0.2) is 64.6 Å². The highest BCUT2D eigenvalue weighted by Crippen LogP contribution is 2.15. The van der Waals surface area contributed by atoms with E-state index in [1.807, 2.05) is 11.7 Å². The molecule has 0 spiro atoms. The normalized spacial score (nSPS) is 22.1. The Labute approximate surface area is 127 Å². The van der Waals surface area contributed by atoms with E-state index in [0.29, 0.717) is 12.1 Å². The van der Waals surface area contributed by atoms with Crippen molar-refractivity contribution in [3.05, 3.63) is 12.2 Å². The number of hydrogen-bond donors (Lipinski definition) is 1. The molecule has 2 atom stereocenters. The molecule has 120 valence electrons. The molecule has 1 N–H and O–H groups in total. The second-order valence-corrected chi connectivity index (χ2v) is 6.31. The van der Waals surface area contributed by atoms with Crippen molar-refractivity contribution in [2.75, 3.05) is 26.7 Å². The van der Waals surface area contributed by atoms with Crippen LogP contribution in [-0.2, 0) is 11.2 Å². The Bertz CT molecular complexity index is 431. The lowest BCUT2D eigenvalue weighted by molar-refractivity contribution is -0.0545. The number of ether oxygens (including phenoxy) is 1. The predicted molar refractivity (Wildman–Crippen MR) is 83.4 cm³/mol. The van der Waals surface area contributed by atoms with Crippen LogP contribution in [0, 0.1) is 0 Å². The fraction of sp³-hybridized carbons (Fsp3) is 0.867. The van der Waals surface area contributed by atoms with Crippen LogP contribution in [0.25, 0.3) is 0 Å². The zero-order valence-corrected chi connectivity index (χ0v) is 13.9. The molecule has 0 amide bonds. The van der Waals surface area contributed by atoms with Crippen molar-refractivity contribution in [3.63, 3.8) is 0 Å². The monoisotopic (exact) mass is 295 g/mol. The number of nitrogens with zero attached hydrogens (tertiary/aromatic N) is 4. The van der Waals surface area contributed by atoms with E-state index in [0.717, 1.165) is 31.9 Å². The predicted octanol–water partition coefficient (Wildman–Crippen LogP) is 1.10. The first-order valence-corrected chi connectivity index (χ1v) is 7.94. The van der Waals surface area contributed by atoms with Crippen molar-refractivity contribution < 1.29 is 4.74 Å².